The Labute approximate surface area is 123 Å². The molecule has 0 saturated heterocycles. The summed E-state index contributed by atoms with van der Waals surface area (Å²) in [6.07, 6.45) is -3.81. The fourth-order valence-electron chi connectivity index (χ4n) is 1.63. The molecule has 1 N–H and O–H groups in total. The second-order valence-corrected chi connectivity index (χ2v) is 5.48. The molecule has 0 radical (unpaired) electrons. The standard InChI is InChI=1S/C12H17BrF3N3O/c1-5-6(2)17-11(20)8(4)19-7(3)9(13)10(18-19)12(14,15)16/h6,8H,5H2,1-4H3,(H,17,20). The van der Waals surface area contributed by atoms with Crippen molar-refractivity contribution in [1.82, 2.24) is 15.1 Å². The molecule has 1 aromatic heterocycles. The second kappa shape index (κ2) is 6.15. The molecule has 1 rings (SSSR count). The highest BCUT2D eigenvalue weighted by molar-refractivity contribution is 9.10. The summed E-state index contributed by atoms with van der Waals surface area (Å²) in [6.45, 7) is 6.74. The van der Waals surface area contributed by atoms with Crippen LogP contribution >= 0.6 is 15.9 Å². The van der Waals surface area contributed by atoms with Crippen LogP contribution in [0.5, 0.6) is 0 Å². The first-order valence-electron chi connectivity index (χ1n) is 6.21. The first-order valence-corrected chi connectivity index (χ1v) is 7.01. The normalized spacial score (nSPS) is 15.0. The minimum absolute atomic E-state index is 0.0358. The number of hydrogen-bond acceptors (Lipinski definition) is 2. The maximum atomic E-state index is 12.8. The summed E-state index contributed by atoms with van der Waals surface area (Å²) in [5.41, 5.74) is -0.748. The molecular formula is C12H17BrF3N3O. The quantitative estimate of drug-likeness (QED) is 0.898. The molecule has 20 heavy (non-hydrogen) atoms. The summed E-state index contributed by atoms with van der Waals surface area (Å²) < 4.78 is 39.3. The van der Waals surface area contributed by atoms with E-state index in [0.29, 0.717) is 0 Å². The zero-order chi connectivity index (χ0) is 15.7. The van der Waals surface area contributed by atoms with Crippen molar-refractivity contribution in [2.75, 3.05) is 0 Å². The average Bonchev–Trinajstić information content (AvgIpc) is 2.65. The summed E-state index contributed by atoms with van der Waals surface area (Å²) in [5, 5.41) is 6.24. The predicted molar refractivity (Wildman–Crippen MR) is 72.3 cm³/mol. The van der Waals surface area contributed by atoms with Crippen molar-refractivity contribution in [2.24, 2.45) is 0 Å². The molecule has 4 nitrogen and oxygen atoms in total. The fraction of sp³-hybridized carbons (Fsp3) is 0.667. The Kier molecular flexibility index (Phi) is 5.23. The van der Waals surface area contributed by atoms with Gasteiger partial charge in [-0.3, -0.25) is 9.48 Å². The van der Waals surface area contributed by atoms with Crippen LogP contribution in [0.4, 0.5) is 13.2 Å². The fourth-order valence-corrected chi connectivity index (χ4v) is 2.12. The Hall–Kier alpha value is -1.05. The molecule has 0 bridgehead atoms. The van der Waals surface area contributed by atoms with Crippen LogP contribution in [0.15, 0.2) is 4.47 Å². The first kappa shape index (κ1) is 17.0. The van der Waals surface area contributed by atoms with Crippen molar-refractivity contribution in [2.45, 2.75) is 52.4 Å². The Bertz CT molecular complexity index is 499. The number of amides is 1. The van der Waals surface area contributed by atoms with Crippen molar-refractivity contribution in [3.05, 3.63) is 15.9 Å². The zero-order valence-electron chi connectivity index (χ0n) is 11.7. The highest BCUT2D eigenvalue weighted by atomic mass is 79.9. The molecule has 0 aliphatic rings. The smallest absolute Gasteiger partial charge is 0.352 e. The Morgan fingerprint density at radius 3 is 2.40 bits per heavy atom. The molecule has 8 heteroatoms. The minimum Gasteiger partial charge on any atom is -0.352 e. The molecule has 2 atom stereocenters. The lowest BCUT2D eigenvalue weighted by atomic mass is 10.2. The highest BCUT2D eigenvalue weighted by Gasteiger charge is 2.38. The second-order valence-electron chi connectivity index (χ2n) is 4.68. The van der Waals surface area contributed by atoms with Crippen LogP contribution < -0.4 is 5.32 Å². The molecule has 114 valence electrons. The van der Waals surface area contributed by atoms with E-state index >= 15 is 0 Å². The van der Waals surface area contributed by atoms with Gasteiger partial charge in [0.25, 0.3) is 0 Å². The van der Waals surface area contributed by atoms with Gasteiger partial charge in [0.05, 0.1) is 10.2 Å². The van der Waals surface area contributed by atoms with Gasteiger partial charge in [-0.25, -0.2) is 0 Å². The van der Waals surface area contributed by atoms with E-state index in [9.17, 15) is 18.0 Å². The van der Waals surface area contributed by atoms with Gasteiger partial charge in [0.15, 0.2) is 5.69 Å². The van der Waals surface area contributed by atoms with Gasteiger partial charge in [-0.05, 0) is 43.1 Å². The number of halogens is 4. The third-order valence-corrected chi connectivity index (χ3v) is 4.04. The largest absolute Gasteiger partial charge is 0.436 e. The molecule has 1 aromatic rings. The predicted octanol–water partition coefficient (Wildman–Crippen LogP) is 3.45. The van der Waals surface area contributed by atoms with E-state index in [1.165, 1.54) is 13.8 Å². The van der Waals surface area contributed by atoms with E-state index < -0.39 is 17.9 Å². The number of rotatable bonds is 4. The molecule has 0 aliphatic carbocycles. The maximum Gasteiger partial charge on any atom is 0.436 e. The highest BCUT2D eigenvalue weighted by Crippen LogP contribution is 2.36. The number of nitrogens with one attached hydrogen (secondary N) is 1. The van der Waals surface area contributed by atoms with Crippen molar-refractivity contribution in [3.63, 3.8) is 0 Å². The number of aromatic nitrogens is 2. The van der Waals surface area contributed by atoms with Gasteiger partial charge in [0.2, 0.25) is 5.91 Å². The Morgan fingerprint density at radius 1 is 1.45 bits per heavy atom. The monoisotopic (exact) mass is 355 g/mol. The lowest BCUT2D eigenvalue weighted by molar-refractivity contribution is -0.142. The van der Waals surface area contributed by atoms with Crippen LogP contribution in [0.25, 0.3) is 0 Å². The summed E-state index contributed by atoms with van der Waals surface area (Å²) in [4.78, 5) is 12.0. The first-order chi connectivity index (χ1) is 9.09. The van der Waals surface area contributed by atoms with Crippen LogP contribution in [0.1, 0.15) is 44.6 Å². The molecule has 0 aromatic carbocycles. The zero-order valence-corrected chi connectivity index (χ0v) is 13.3. The number of alkyl halides is 3. The van der Waals surface area contributed by atoms with Crippen LogP contribution in [0.2, 0.25) is 0 Å². The van der Waals surface area contributed by atoms with E-state index in [-0.39, 0.29) is 22.1 Å². The van der Waals surface area contributed by atoms with Gasteiger partial charge in [0.1, 0.15) is 6.04 Å². The van der Waals surface area contributed by atoms with E-state index in [1.54, 1.807) is 0 Å². The van der Waals surface area contributed by atoms with Crippen molar-refractivity contribution in [3.8, 4) is 0 Å². The molecule has 1 heterocycles. The van der Waals surface area contributed by atoms with E-state index in [4.69, 9.17) is 0 Å². The number of nitrogens with zero attached hydrogens (tertiary/aromatic N) is 2. The lowest BCUT2D eigenvalue weighted by Gasteiger charge is -2.17. The topological polar surface area (TPSA) is 46.9 Å². The molecule has 0 saturated carbocycles. The lowest BCUT2D eigenvalue weighted by Crippen LogP contribution is -2.37. The van der Waals surface area contributed by atoms with Gasteiger partial charge >= 0.3 is 6.18 Å². The molecule has 2 unspecified atom stereocenters. The summed E-state index contributed by atoms with van der Waals surface area (Å²) in [5.74, 6) is -0.355. The van der Waals surface area contributed by atoms with Gasteiger partial charge in [-0.15, -0.1) is 0 Å². The van der Waals surface area contributed by atoms with Gasteiger partial charge < -0.3 is 5.32 Å². The third kappa shape index (κ3) is 3.53. The molecule has 0 aliphatic heterocycles. The summed E-state index contributed by atoms with van der Waals surface area (Å²) in [7, 11) is 0. The van der Waals surface area contributed by atoms with Crippen LogP contribution in [0.3, 0.4) is 0 Å². The van der Waals surface area contributed by atoms with E-state index in [2.05, 4.69) is 26.3 Å². The maximum absolute atomic E-state index is 12.8. The summed E-state index contributed by atoms with van der Waals surface area (Å²) in [6, 6.07) is -0.845. The average molecular weight is 356 g/mol. The molecule has 0 spiro atoms. The number of hydrogen-bond donors (Lipinski definition) is 1. The van der Waals surface area contributed by atoms with Crippen LogP contribution in [0, 0.1) is 6.92 Å². The van der Waals surface area contributed by atoms with E-state index in [1.807, 2.05) is 13.8 Å². The van der Waals surface area contributed by atoms with Crippen molar-refractivity contribution >= 4 is 21.8 Å². The van der Waals surface area contributed by atoms with Crippen LogP contribution in [-0.4, -0.2) is 21.7 Å². The Balaban J connectivity index is 3.06. The summed E-state index contributed by atoms with van der Waals surface area (Å²) >= 11 is 2.88. The molecule has 0 fully saturated rings. The van der Waals surface area contributed by atoms with Gasteiger partial charge in [0, 0.05) is 6.04 Å². The molecule has 1 amide bonds. The third-order valence-electron chi connectivity index (χ3n) is 3.09. The van der Waals surface area contributed by atoms with Gasteiger partial charge in [-0.2, -0.15) is 18.3 Å². The van der Waals surface area contributed by atoms with Crippen LogP contribution in [-0.2, 0) is 11.0 Å². The molecular weight excluding hydrogens is 339 g/mol. The Morgan fingerprint density at radius 2 is 2.00 bits per heavy atom. The van der Waals surface area contributed by atoms with Crippen molar-refractivity contribution < 1.29 is 18.0 Å². The van der Waals surface area contributed by atoms with Gasteiger partial charge in [-0.1, -0.05) is 6.92 Å². The van der Waals surface area contributed by atoms with Crippen molar-refractivity contribution in [1.29, 1.82) is 0 Å². The SMILES string of the molecule is CCC(C)NC(=O)C(C)n1nc(C(F)(F)F)c(Br)c1C. The minimum atomic E-state index is -4.55. The van der Waals surface area contributed by atoms with E-state index in [0.717, 1.165) is 11.1 Å². The number of carbonyl (C=O) groups is 1. The number of carbonyl (C=O) groups excluding carboxylic acids is 1.